The zero-order valence-electron chi connectivity index (χ0n) is 9.95. The molecule has 0 bridgehead atoms. The molecule has 3 rings (SSSR count). The Morgan fingerprint density at radius 1 is 0.778 bits per heavy atom. The Morgan fingerprint density at radius 3 is 2.17 bits per heavy atom. The summed E-state index contributed by atoms with van der Waals surface area (Å²) < 4.78 is 0. The van der Waals surface area contributed by atoms with Crippen LogP contribution in [0.4, 0.5) is 0 Å². The Balaban J connectivity index is 0.000000181. The van der Waals surface area contributed by atoms with Crippen molar-refractivity contribution in [3.63, 3.8) is 0 Å². The van der Waals surface area contributed by atoms with Crippen LogP contribution in [-0.4, -0.2) is 4.98 Å². The van der Waals surface area contributed by atoms with Crippen molar-refractivity contribution in [3.05, 3.63) is 79.3 Å². The number of nitrogens with zero attached hydrogens (tertiary/aromatic N) is 1. The Hall–Kier alpha value is -2.00. The number of rotatable bonds is 0. The second-order valence-corrected chi connectivity index (χ2v) is 3.47. The van der Waals surface area contributed by atoms with Gasteiger partial charge in [0.25, 0.3) is 0 Å². The fraction of sp³-hybridized carbons (Fsp3) is 0. The van der Waals surface area contributed by atoms with Crippen LogP contribution in [0.1, 0.15) is 0 Å². The monoisotopic (exact) mass is 256 g/mol. The summed E-state index contributed by atoms with van der Waals surface area (Å²) in [5.41, 5.74) is 1.06. The van der Waals surface area contributed by atoms with Crippen molar-refractivity contribution in [3.8, 4) is 0 Å². The van der Waals surface area contributed by atoms with Gasteiger partial charge in [-0.3, -0.25) is 4.98 Å². The summed E-state index contributed by atoms with van der Waals surface area (Å²) in [6.07, 6.45) is 13.4. The summed E-state index contributed by atoms with van der Waals surface area (Å²) >= 11 is 0. The number of nitrogens with one attached hydrogen (secondary N) is 1. The van der Waals surface area contributed by atoms with Gasteiger partial charge in [0.1, 0.15) is 0 Å². The summed E-state index contributed by atoms with van der Waals surface area (Å²) in [5.74, 6) is 0. The highest BCUT2D eigenvalue weighted by atomic mass is 32.1. The summed E-state index contributed by atoms with van der Waals surface area (Å²) in [7, 11) is 0. The van der Waals surface area contributed by atoms with E-state index in [0.717, 1.165) is 5.52 Å². The lowest BCUT2D eigenvalue weighted by Gasteiger charge is -1.91. The Labute approximate surface area is 114 Å². The van der Waals surface area contributed by atoms with Gasteiger partial charge in [0.05, 0.1) is 5.52 Å². The second kappa shape index (κ2) is 8.14. The Morgan fingerprint density at radius 2 is 1.44 bits per heavy atom. The number of allylic oxidation sites excluding steroid dienone is 4. The predicted octanol–water partition coefficient (Wildman–Crippen LogP) is 3.52. The molecular formula is C15H16N2S. The van der Waals surface area contributed by atoms with Gasteiger partial charge in [0, 0.05) is 24.0 Å². The zero-order chi connectivity index (χ0) is 11.8. The molecule has 0 saturated heterocycles. The fourth-order valence-electron chi connectivity index (χ4n) is 1.42. The number of para-hydroxylation sites is 1. The van der Waals surface area contributed by atoms with Gasteiger partial charge < -0.3 is 5.32 Å². The van der Waals surface area contributed by atoms with E-state index >= 15 is 0 Å². The topological polar surface area (TPSA) is 24.9 Å². The maximum atomic E-state index is 4.18. The van der Waals surface area contributed by atoms with E-state index in [1.165, 1.54) is 5.39 Å². The third-order valence-electron chi connectivity index (χ3n) is 2.23. The highest BCUT2D eigenvalue weighted by Gasteiger charge is 1.86. The van der Waals surface area contributed by atoms with Crippen LogP contribution >= 0.6 is 13.5 Å². The summed E-state index contributed by atoms with van der Waals surface area (Å²) in [5, 5.41) is 4.12. The first-order valence-corrected chi connectivity index (χ1v) is 5.51. The van der Waals surface area contributed by atoms with Gasteiger partial charge in [-0.1, -0.05) is 36.4 Å². The normalized spacial score (nSPS) is 11.8. The number of pyridine rings is 1. The van der Waals surface area contributed by atoms with Crippen LogP contribution in [-0.2, 0) is 0 Å². The molecule has 1 aliphatic heterocycles. The summed E-state index contributed by atoms with van der Waals surface area (Å²) in [4.78, 5) is 4.18. The van der Waals surface area contributed by atoms with Crippen molar-refractivity contribution in [1.29, 1.82) is 0 Å². The molecule has 0 aliphatic carbocycles. The van der Waals surface area contributed by atoms with E-state index in [1.807, 2.05) is 67.2 Å². The van der Waals surface area contributed by atoms with Gasteiger partial charge in [-0.15, -0.1) is 0 Å². The molecule has 92 valence electrons. The standard InChI is InChI=1S/C9H7N.C6H7N.H2S/c1-2-6-9-8(4-1)5-3-7-10-9;1-2-4-6-7-5-3-1;/h1-7H;1-7H;1H2. The molecule has 3 heteroatoms. The maximum absolute atomic E-state index is 4.18. The first-order valence-electron chi connectivity index (χ1n) is 5.51. The molecule has 2 aromatic rings. The SMILES string of the molecule is C1=CC=CNC=C1.S.c1ccc2ncccc2c1. The third kappa shape index (κ3) is 4.47. The Bertz CT molecular complexity index is 480. The minimum Gasteiger partial charge on any atom is -0.368 e. The average Bonchev–Trinajstić information content (AvgIpc) is 2.72. The van der Waals surface area contributed by atoms with Crippen molar-refractivity contribution in [2.75, 3.05) is 0 Å². The molecular weight excluding hydrogens is 240 g/mol. The molecule has 0 unspecified atom stereocenters. The lowest BCUT2D eigenvalue weighted by atomic mass is 10.2. The van der Waals surface area contributed by atoms with E-state index in [4.69, 9.17) is 0 Å². The third-order valence-corrected chi connectivity index (χ3v) is 2.23. The Kier molecular flexibility index (Phi) is 6.36. The van der Waals surface area contributed by atoms with E-state index in [1.54, 1.807) is 0 Å². The van der Waals surface area contributed by atoms with E-state index in [9.17, 15) is 0 Å². The van der Waals surface area contributed by atoms with Crippen LogP contribution < -0.4 is 5.32 Å². The number of benzene rings is 1. The molecule has 1 N–H and O–H groups in total. The van der Waals surface area contributed by atoms with Gasteiger partial charge in [0.2, 0.25) is 0 Å². The van der Waals surface area contributed by atoms with Gasteiger partial charge in [-0.2, -0.15) is 13.5 Å². The molecule has 1 aromatic carbocycles. The summed E-state index contributed by atoms with van der Waals surface area (Å²) in [6, 6.07) is 12.1. The van der Waals surface area contributed by atoms with Gasteiger partial charge in [-0.25, -0.2) is 0 Å². The van der Waals surface area contributed by atoms with Crippen LogP contribution in [0, 0.1) is 0 Å². The van der Waals surface area contributed by atoms with E-state index in [-0.39, 0.29) is 13.5 Å². The van der Waals surface area contributed by atoms with Crippen LogP contribution in [0.5, 0.6) is 0 Å². The smallest absolute Gasteiger partial charge is 0.0701 e. The highest BCUT2D eigenvalue weighted by Crippen LogP contribution is 2.07. The fourth-order valence-corrected chi connectivity index (χ4v) is 1.42. The number of aromatic nitrogens is 1. The van der Waals surface area contributed by atoms with E-state index in [2.05, 4.69) is 22.4 Å². The van der Waals surface area contributed by atoms with Crippen LogP contribution in [0.25, 0.3) is 10.9 Å². The zero-order valence-corrected chi connectivity index (χ0v) is 11.0. The van der Waals surface area contributed by atoms with Crippen molar-refractivity contribution in [2.24, 2.45) is 0 Å². The van der Waals surface area contributed by atoms with Crippen molar-refractivity contribution in [2.45, 2.75) is 0 Å². The number of hydrogen-bond donors (Lipinski definition) is 1. The largest absolute Gasteiger partial charge is 0.368 e. The van der Waals surface area contributed by atoms with Gasteiger partial charge in [-0.05, 0) is 24.3 Å². The van der Waals surface area contributed by atoms with Crippen LogP contribution in [0.3, 0.4) is 0 Å². The highest BCUT2D eigenvalue weighted by molar-refractivity contribution is 7.59. The van der Waals surface area contributed by atoms with Gasteiger partial charge >= 0.3 is 0 Å². The van der Waals surface area contributed by atoms with E-state index < -0.39 is 0 Å². The summed E-state index contributed by atoms with van der Waals surface area (Å²) in [6.45, 7) is 0. The molecule has 0 saturated carbocycles. The minimum atomic E-state index is 0. The molecule has 0 amide bonds. The molecule has 0 radical (unpaired) electrons. The van der Waals surface area contributed by atoms with E-state index in [0.29, 0.717) is 0 Å². The lowest BCUT2D eigenvalue weighted by molar-refractivity contribution is 1.20. The molecule has 0 spiro atoms. The average molecular weight is 256 g/mol. The first kappa shape index (κ1) is 14.1. The minimum absolute atomic E-state index is 0. The predicted molar refractivity (Wildman–Crippen MR) is 82.7 cm³/mol. The molecule has 0 atom stereocenters. The van der Waals surface area contributed by atoms with Crippen molar-refractivity contribution < 1.29 is 0 Å². The number of fused-ring (bicyclic) bond motifs is 1. The molecule has 1 aromatic heterocycles. The van der Waals surface area contributed by atoms with Gasteiger partial charge in [0.15, 0.2) is 0 Å². The van der Waals surface area contributed by atoms with Crippen molar-refractivity contribution >= 4 is 24.4 Å². The lowest BCUT2D eigenvalue weighted by Crippen LogP contribution is -1.87. The first-order chi connectivity index (χ1) is 8.47. The maximum Gasteiger partial charge on any atom is 0.0701 e. The van der Waals surface area contributed by atoms with Crippen molar-refractivity contribution in [1.82, 2.24) is 10.3 Å². The molecule has 2 heterocycles. The van der Waals surface area contributed by atoms with Crippen LogP contribution in [0.2, 0.25) is 0 Å². The molecule has 1 aliphatic rings. The molecule has 0 fully saturated rings. The second-order valence-electron chi connectivity index (χ2n) is 3.47. The molecule has 18 heavy (non-hydrogen) atoms. The number of hydrogen-bond acceptors (Lipinski definition) is 2. The van der Waals surface area contributed by atoms with Crippen LogP contribution in [0.15, 0.2) is 79.3 Å². The molecule has 2 nitrogen and oxygen atoms in total. The quantitative estimate of drug-likeness (QED) is 0.780.